The van der Waals surface area contributed by atoms with E-state index in [1.807, 2.05) is 25.4 Å². The van der Waals surface area contributed by atoms with Crippen LogP contribution in [0.2, 0.25) is 5.02 Å². The molecule has 0 saturated carbocycles. The van der Waals surface area contributed by atoms with Crippen molar-refractivity contribution in [3.05, 3.63) is 52.9 Å². The van der Waals surface area contributed by atoms with Gasteiger partial charge in [-0.25, -0.2) is 0 Å². The van der Waals surface area contributed by atoms with Gasteiger partial charge in [0.25, 0.3) is 0 Å². The van der Waals surface area contributed by atoms with E-state index in [1.54, 1.807) is 10.9 Å². The molecule has 0 radical (unpaired) electrons. The molecule has 0 bridgehead atoms. The zero-order chi connectivity index (χ0) is 16.2. The van der Waals surface area contributed by atoms with Gasteiger partial charge < -0.3 is 10.3 Å². The molecule has 0 saturated heterocycles. The molecule has 3 aromatic rings. The Hall–Kier alpha value is -2.27. The lowest BCUT2D eigenvalue weighted by Gasteiger charge is -2.06. The highest BCUT2D eigenvalue weighted by molar-refractivity contribution is 6.31. The number of halogens is 1. The minimum atomic E-state index is 0.0297. The summed E-state index contributed by atoms with van der Waals surface area (Å²) >= 11 is 6.02. The van der Waals surface area contributed by atoms with E-state index in [0.29, 0.717) is 18.0 Å². The first-order chi connectivity index (χ1) is 11.1. The van der Waals surface area contributed by atoms with E-state index >= 15 is 0 Å². The van der Waals surface area contributed by atoms with Gasteiger partial charge in [-0.15, -0.1) is 0 Å². The number of nitrogens with zero attached hydrogens (tertiary/aromatic N) is 2. The summed E-state index contributed by atoms with van der Waals surface area (Å²) in [6, 6.07) is 8.21. The van der Waals surface area contributed by atoms with E-state index in [-0.39, 0.29) is 5.91 Å². The fraction of sp³-hybridized carbons (Fsp3) is 0.294. The molecule has 3 rings (SSSR count). The highest BCUT2D eigenvalue weighted by Crippen LogP contribution is 2.19. The lowest BCUT2D eigenvalue weighted by molar-refractivity contribution is -0.121. The second-order valence-electron chi connectivity index (χ2n) is 5.55. The molecule has 5 nitrogen and oxygen atoms in total. The van der Waals surface area contributed by atoms with Crippen molar-refractivity contribution in [1.29, 1.82) is 0 Å². The number of amides is 1. The molecule has 0 aliphatic heterocycles. The number of carbonyl (C=O) groups is 1. The van der Waals surface area contributed by atoms with E-state index in [2.05, 4.69) is 27.5 Å². The van der Waals surface area contributed by atoms with Crippen LogP contribution in [0.3, 0.4) is 0 Å². The van der Waals surface area contributed by atoms with Gasteiger partial charge >= 0.3 is 0 Å². The Kier molecular flexibility index (Phi) is 4.67. The summed E-state index contributed by atoms with van der Waals surface area (Å²) in [6.07, 6.45) is 5.80. The molecule has 6 heteroatoms. The van der Waals surface area contributed by atoms with Crippen LogP contribution < -0.4 is 5.32 Å². The summed E-state index contributed by atoms with van der Waals surface area (Å²) in [5.41, 5.74) is 3.21. The molecule has 23 heavy (non-hydrogen) atoms. The van der Waals surface area contributed by atoms with Crippen LogP contribution in [0.5, 0.6) is 0 Å². The van der Waals surface area contributed by atoms with Crippen molar-refractivity contribution in [2.24, 2.45) is 7.05 Å². The number of hydrogen-bond donors (Lipinski definition) is 2. The summed E-state index contributed by atoms with van der Waals surface area (Å²) in [7, 11) is 1.81. The van der Waals surface area contributed by atoms with Crippen molar-refractivity contribution in [2.45, 2.75) is 25.8 Å². The predicted molar refractivity (Wildman–Crippen MR) is 91.3 cm³/mol. The maximum Gasteiger partial charge on any atom is 0.220 e. The number of carbonyl (C=O) groups excluding carboxylic acids is 1. The Balaban J connectivity index is 1.48. The normalized spacial score (nSPS) is 11.0. The molecule has 0 atom stereocenters. The van der Waals surface area contributed by atoms with Crippen molar-refractivity contribution in [3.63, 3.8) is 0 Å². The molecule has 0 fully saturated rings. The number of aromatic amines is 1. The molecule has 0 aliphatic rings. The fourth-order valence-electron chi connectivity index (χ4n) is 2.68. The highest BCUT2D eigenvalue weighted by Gasteiger charge is 2.09. The molecule has 2 aromatic heterocycles. The van der Waals surface area contributed by atoms with Gasteiger partial charge in [0.05, 0.1) is 23.5 Å². The molecule has 1 aromatic carbocycles. The molecule has 120 valence electrons. The number of rotatable bonds is 6. The van der Waals surface area contributed by atoms with E-state index in [9.17, 15) is 4.79 Å². The summed E-state index contributed by atoms with van der Waals surface area (Å²) < 4.78 is 1.68. The first kappa shape index (κ1) is 15.6. The molecular formula is C17H19ClN4O. The summed E-state index contributed by atoms with van der Waals surface area (Å²) in [6.45, 7) is 0.404. The Morgan fingerprint density at radius 1 is 1.39 bits per heavy atom. The summed E-state index contributed by atoms with van der Waals surface area (Å²) in [4.78, 5) is 15.2. The number of hydrogen-bond acceptors (Lipinski definition) is 2. The van der Waals surface area contributed by atoms with Gasteiger partial charge in [-0.3, -0.25) is 9.48 Å². The quantitative estimate of drug-likeness (QED) is 0.729. The number of fused-ring (bicyclic) bond motifs is 1. The van der Waals surface area contributed by atoms with Crippen LogP contribution in [0.1, 0.15) is 24.1 Å². The van der Waals surface area contributed by atoms with E-state index in [4.69, 9.17) is 11.6 Å². The lowest BCUT2D eigenvalue weighted by atomic mass is 10.1. The maximum absolute atomic E-state index is 12.0. The number of aromatic nitrogens is 3. The third-order valence-electron chi connectivity index (χ3n) is 3.99. The van der Waals surface area contributed by atoms with Crippen molar-refractivity contribution in [2.75, 3.05) is 0 Å². The molecule has 2 heterocycles. The van der Waals surface area contributed by atoms with Crippen LogP contribution in [-0.4, -0.2) is 20.7 Å². The summed E-state index contributed by atoms with van der Waals surface area (Å²) in [5, 5.41) is 8.75. The largest absolute Gasteiger partial charge is 0.361 e. The second-order valence-corrected chi connectivity index (χ2v) is 5.96. The Morgan fingerprint density at radius 3 is 3.00 bits per heavy atom. The predicted octanol–water partition coefficient (Wildman–Crippen LogP) is 3.19. The standard InChI is InChI=1S/C17H19ClN4O/c1-22-16(14(18)10-21-22)11-20-17(23)8-4-5-12-9-19-15-7-3-2-6-13(12)15/h2-3,6-7,9-10,19H,4-5,8,11H2,1H3,(H,20,23). The van der Waals surface area contributed by atoms with Crippen molar-refractivity contribution < 1.29 is 4.79 Å². The first-order valence-corrected chi connectivity index (χ1v) is 8.01. The van der Waals surface area contributed by atoms with E-state index < -0.39 is 0 Å². The zero-order valence-corrected chi connectivity index (χ0v) is 13.7. The smallest absolute Gasteiger partial charge is 0.220 e. The van der Waals surface area contributed by atoms with Gasteiger partial charge in [0.2, 0.25) is 5.91 Å². The number of nitrogens with one attached hydrogen (secondary N) is 2. The van der Waals surface area contributed by atoms with Crippen LogP contribution in [0, 0.1) is 0 Å². The number of benzene rings is 1. The van der Waals surface area contributed by atoms with Crippen molar-refractivity contribution in [1.82, 2.24) is 20.1 Å². The average Bonchev–Trinajstić information content (AvgIpc) is 3.10. The lowest BCUT2D eigenvalue weighted by Crippen LogP contribution is -2.24. The van der Waals surface area contributed by atoms with Gasteiger partial charge in [0.15, 0.2) is 0 Å². The fourth-order valence-corrected chi connectivity index (χ4v) is 2.92. The van der Waals surface area contributed by atoms with E-state index in [1.165, 1.54) is 10.9 Å². The maximum atomic E-state index is 12.0. The second kappa shape index (κ2) is 6.87. The molecule has 0 unspecified atom stereocenters. The monoisotopic (exact) mass is 330 g/mol. The zero-order valence-electron chi connectivity index (χ0n) is 13.0. The number of H-pyrrole nitrogens is 1. The molecular weight excluding hydrogens is 312 g/mol. The minimum Gasteiger partial charge on any atom is -0.361 e. The Bertz CT molecular complexity index is 801. The van der Waals surface area contributed by atoms with Crippen LogP contribution in [0.25, 0.3) is 10.9 Å². The topological polar surface area (TPSA) is 62.7 Å². The number of aryl methyl sites for hydroxylation is 2. The molecule has 0 spiro atoms. The van der Waals surface area contributed by atoms with Crippen LogP contribution >= 0.6 is 11.6 Å². The van der Waals surface area contributed by atoms with Gasteiger partial charge in [-0.05, 0) is 24.5 Å². The Labute approximate surface area is 139 Å². The van der Waals surface area contributed by atoms with Gasteiger partial charge in [-0.2, -0.15) is 5.10 Å². The SMILES string of the molecule is Cn1ncc(Cl)c1CNC(=O)CCCc1c[nH]c2ccccc12. The molecule has 2 N–H and O–H groups in total. The van der Waals surface area contributed by atoms with Gasteiger partial charge in [-0.1, -0.05) is 29.8 Å². The van der Waals surface area contributed by atoms with Crippen LogP contribution in [0.15, 0.2) is 36.7 Å². The third kappa shape index (κ3) is 3.56. The van der Waals surface area contributed by atoms with Crippen molar-refractivity contribution >= 4 is 28.4 Å². The van der Waals surface area contributed by atoms with Crippen LogP contribution in [0.4, 0.5) is 0 Å². The van der Waals surface area contributed by atoms with E-state index in [0.717, 1.165) is 24.1 Å². The van der Waals surface area contributed by atoms with Gasteiger partial charge in [0, 0.05) is 30.6 Å². The molecule has 1 amide bonds. The highest BCUT2D eigenvalue weighted by atomic mass is 35.5. The third-order valence-corrected chi connectivity index (χ3v) is 4.30. The Morgan fingerprint density at radius 2 is 2.22 bits per heavy atom. The number of para-hydroxylation sites is 1. The minimum absolute atomic E-state index is 0.0297. The first-order valence-electron chi connectivity index (χ1n) is 7.63. The summed E-state index contributed by atoms with van der Waals surface area (Å²) in [5.74, 6) is 0.0297. The van der Waals surface area contributed by atoms with Crippen molar-refractivity contribution in [3.8, 4) is 0 Å². The average molecular weight is 331 g/mol. The van der Waals surface area contributed by atoms with Crippen LogP contribution in [-0.2, 0) is 24.8 Å². The van der Waals surface area contributed by atoms with Gasteiger partial charge in [0.1, 0.15) is 0 Å². The molecule has 0 aliphatic carbocycles.